The van der Waals surface area contributed by atoms with Gasteiger partial charge in [0, 0.05) is 46.4 Å². The highest BCUT2D eigenvalue weighted by atomic mass is 32.2. The number of aromatic nitrogens is 1. The number of hydrogen-bond acceptors (Lipinski definition) is 5. The van der Waals surface area contributed by atoms with Crippen molar-refractivity contribution in [3.8, 4) is 11.8 Å². The van der Waals surface area contributed by atoms with E-state index in [0.29, 0.717) is 0 Å². The van der Waals surface area contributed by atoms with E-state index in [0.717, 1.165) is 46.7 Å². The van der Waals surface area contributed by atoms with Gasteiger partial charge in [-0.2, -0.15) is 0 Å². The maximum Gasteiger partial charge on any atom is 0.264 e. The maximum absolute atomic E-state index is 12.2. The first-order valence-corrected chi connectivity index (χ1v) is 13.0. The van der Waals surface area contributed by atoms with Gasteiger partial charge in [0.25, 0.3) is 5.91 Å². The lowest BCUT2D eigenvalue weighted by Gasteiger charge is -2.25. The summed E-state index contributed by atoms with van der Waals surface area (Å²) in [6.07, 6.45) is 4.89. The normalized spacial score (nSPS) is 16.4. The monoisotopic (exact) mass is 480 g/mol. The number of sulfone groups is 1. The molecule has 0 radical (unpaired) electrons. The van der Waals surface area contributed by atoms with Crippen molar-refractivity contribution in [2.24, 2.45) is 0 Å². The van der Waals surface area contributed by atoms with Gasteiger partial charge in [0.05, 0.1) is 6.61 Å². The highest BCUT2D eigenvalue weighted by Crippen LogP contribution is 2.47. The predicted molar refractivity (Wildman–Crippen MR) is 130 cm³/mol. The molecule has 1 aliphatic carbocycles. The van der Waals surface area contributed by atoms with E-state index in [1.165, 1.54) is 12.4 Å². The Morgan fingerprint density at radius 2 is 1.76 bits per heavy atom. The highest BCUT2D eigenvalue weighted by molar-refractivity contribution is 7.92. The highest BCUT2D eigenvalue weighted by Gasteiger charge is 2.44. The third kappa shape index (κ3) is 4.47. The molecule has 3 aromatic rings. The Morgan fingerprint density at radius 1 is 1.12 bits per heavy atom. The number of carbonyl (C=O) groups is 1. The molecule has 3 N–H and O–H groups in total. The fourth-order valence-electron chi connectivity index (χ4n) is 4.13. The number of aryl methyl sites for hydroxylation is 1. The molecule has 8 heteroatoms. The average molecular weight is 481 g/mol. The molecule has 1 fully saturated rings. The van der Waals surface area contributed by atoms with Gasteiger partial charge in [0.1, 0.15) is 0 Å². The van der Waals surface area contributed by atoms with Gasteiger partial charge < -0.3 is 9.67 Å². The molecule has 1 unspecified atom stereocenters. The molecule has 7 nitrogen and oxygen atoms in total. The second-order valence-corrected chi connectivity index (χ2v) is 11.7. The van der Waals surface area contributed by atoms with Crippen LogP contribution in [0.3, 0.4) is 0 Å². The number of aliphatic hydroxyl groups is 1. The number of hydroxylamine groups is 1. The van der Waals surface area contributed by atoms with Crippen LogP contribution in [0.1, 0.15) is 42.9 Å². The number of nitrogens with one attached hydrogen (secondary N) is 1. The molecule has 1 amide bonds. The van der Waals surface area contributed by atoms with E-state index in [2.05, 4.69) is 11.8 Å². The van der Waals surface area contributed by atoms with Gasteiger partial charge in [-0.15, -0.1) is 0 Å². The van der Waals surface area contributed by atoms with Crippen molar-refractivity contribution in [3.63, 3.8) is 0 Å². The molecule has 1 saturated carbocycles. The third-order valence-corrected chi connectivity index (χ3v) is 9.03. The maximum atomic E-state index is 12.2. The average Bonchev–Trinajstić information content (AvgIpc) is 3.53. The molecule has 0 bridgehead atoms. The summed E-state index contributed by atoms with van der Waals surface area (Å²) in [6, 6.07) is 15.8. The largest absolute Gasteiger partial charge is 0.395 e. The van der Waals surface area contributed by atoms with Crippen LogP contribution < -0.4 is 5.48 Å². The summed E-state index contributed by atoms with van der Waals surface area (Å²) in [7, 11) is -3.75. The smallest absolute Gasteiger partial charge is 0.264 e. The molecule has 0 aliphatic heterocycles. The summed E-state index contributed by atoms with van der Waals surface area (Å²) in [5.41, 5.74) is 5.23. The van der Waals surface area contributed by atoms with Crippen molar-refractivity contribution >= 4 is 26.6 Å². The van der Waals surface area contributed by atoms with Crippen LogP contribution in [0.5, 0.6) is 0 Å². The second kappa shape index (κ2) is 8.91. The van der Waals surface area contributed by atoms with Crippen molar-refractivity contribution in [1.82, 2.24) is 10.0 Å². The summed E-state index contributed by atoms with van der Waals surface area (Å²) in [5, 5.41) is 19.5. The summed E-state index contributed by atoms with van der Waals surface area (Å²) in [5.74, 6) is 5.41. The van der Waals surface area contributed by atoms with Crippen LogP contribution in [0.4, 0.5) is 0 Å². The predicted octanol–water partition coefficient (Wildman–Crippen LogP) is 2.76. The Labute approximate surface area is 199 Å². The lowest BCUT2D eigenvalue weighted by atomic mass is 9.96. The Hall–Kier alpha value is -3.12. The molecule has 1 atom stereocenters. The van der Waals surface area contributed by atoms with Crippen molar-refractivity contribution < 1.29 is 23.5 Å². The number of hydrogen-bond donors (Lipinski definition) is 3. The van der Waals surface area contributed by atoms with E-state index in [4.69, 9.17) is 5.21 Å². The lowest BCUT2D eigenvalue weighted by molar-refractivity contribution is -0.131. The van der Waals surface area contributed by atoms with Crippen LogP contribution in [0.15, 0.2) is 54.7 Å². The van der Waals surface area contributed by atoms with Crippen molar-refractivity contribution in [2.75, 3.05) is 12.9 Å². The summed E-state index contributed by atoms with van der Waals surface area (Å²) in [6.45, 7) is 1.78. The first-order chi connectivity index (χ1) is 16.1. The first kappa shape index (κ1) is 24.0. The third-order valence-electron chi connectivity index (χ3n) is 7.01. The SMILES string of the molecule is CC(CCn1ccc2cc(C#Cc3ccc(C4(CO)CC4)cc3)ccc21)(C(=O)NO)S(C)(=O)=O. The number of nitrogens with zero attached hydrogens (tertiary/aromatic N) is 1. The van der Waals surface area contributed by atoms with Gasteiger partial charge in [-0.3, -0.25) is 10.0 Å². The first-order valence-electron chi connectivity index (χ1n) is 11.1. The van der Waals surface area contributed by atoms with E-state index >= 15 is 0 Å². The van der Waals surface area contributed by atoms with Crippen molar-refractivity contribution in [3.05, 3.63) is 71.4 Å². The quantitative estimate of drug-likeness (QED) is 0.274. The van der Waals surface area contributed by atoms with Gasteiger partial charge in [0.15, 0.2) is 14.6 Å². The number of fused-ring (bicyclic) bond motifs is 1. The molecule has 34 heavy (non-hydrogen) atoms. The van der Waals surface area contributed by atoms with Crippen LogP contribution in [0.25, 0.3) is 10.9 Å². The van der Waals surface area contributed by atoms with Gasteiger partial charge in [-0.05, 0) is 68.1 Å². The summed E-state index contributed by atoms with van der Waals surface area (Å²) < 4.78 is 24.5. The van der Waals surface area contributed by atoms with Crippen LogP contribution in [-0.4, -0.2) is 46.8 Å². The van der Waals surface area contributed by atoms with Crippen molar-refractivity contribution in [2.45, 2.75) is 42.9 Å². The fourth-order valence-corrected chi connectivity index (χ4v) is 4.98. The number of rotatable bonds is 7. The van der Waals surface area contributed by atoms with Gasteiger partial charge in [-0.1, -0.05) is 24.0 Å². The molecule has 178 valence electrons. The molecule has 1 aromatic heterocycles. The minimum absolute atomic E-state index is 0.0110. The second-order valence-electron chi connectivity index (χ2n) is 9.24. The number of amides is 1. The minimum atomic E-state index is -3.75. The van der Waals surface area contributed by atoms with Gasteiger partial charge >= 0.3 is 0 Å². The molecule has 1 heterocycles. The number of aliphatic hydroxyl groups excluding tert-OH is 1. The summed E-state index contributed by atoms with van der Waals surface area (Å²) in [4.78, 5) is 12.0. The fraction of sp³-hybridized carbons (Fsp3) is 0.346. The number of carbonyl (C=O) groups excluding carboxylic acids is 1. The zero-order valence-electron chi connectivity index (χ0n) is 19.2. The van der Waals surface area contributed by atoms with E-state index in [9.17, 15) is 18.3 Å². The number of benzene rings is 2. The van der Waals surface area contributed by atoms with Crippen LogP contribution in [-0.2, 0) is 26.6 Å². The zero-order valence-corrected chi connectivity index (χ0v) is 20.0. The molecule has 1 aliphatic rings. The van der Waals surface area contributed by atoms with Crippen LogP contribution in [0.2, 0.25) is 0 Å². The van der Waals surface area contributed by atoms with Crippen molar-refractivity contribution in [1.29, 1.82) is 0 Å². The Morgan fingerprint density at radius 3 is 2.35 bits per heavy atom. The molecule has 0 spiro atoms. The molecular formula is C26H28N2O5S. The topological polar surface area (TPSA) is 109 Å². The van der Waals surface area contributed by atoms with E-state index in [-0.39, 0.29) is 25.0 Å². The van der Waals surface area contributed by atoms with Crippen LogP contribution in [0, 0.1) is 11.8 Å². The minimum Gasteiger partial charge on any atom is -0.395 e. The Bertz CT molecular complexity index is 1390. The Balaban J connectivity index is 1.50. The van der Waals surface area contributed by atoms with Gasteiger partial charge in [-0.25, -0.2) is 13.9 Å². The molecule has 0 saturated heterocycles. The summed E-state index contributed by atoms with van der Waals surface area (Å²) >= 11 is 0. The zero-order chi connectivity index (χ0) is 24.6. The lowest BCUT2D eigenvalue weighted by Crippen LogP contribution is -2.49. The molecule has 4 rings (SSSR count). The van der Waals surface area contributed by atoms with Gasteiger partial charge in [0.2, 0.25) is 0 Å². The van der Waals surface area contributed by atoms with E-state index in [1.54, 1.807) is 0 Å². The van der Waals surface area contributed by atoms with Crippen LogP contribution >= 0.6 is 0 Å². The Kier molecular flexibility index (Phi) is 6.30. The van der Waals surface area contributed by atoms with E-state index < -0.39 is 20.5 Å². The van der Waals surface area contributed by atoms with E-state index in [1.807, 2.05) is 59.3 Å². The standard InChI is InChI=1S/C26H28N2O5S/c1-25(24(30)27-31,34(2,32)33)14-16-28-15-11-21-17-20(7-10-23(21)28)4-3-19-5-8-22(9-6-19)26(18-29)12-13-26/h5-11,15,17,29,31H,12-14,16,18H2,1-2H3,(H,27,30). The molecule has 2 aromatic carbocycles. The molecular weight excluding hydrogens is 452 g/mol.